The van der Waals surface area contributed by atoms with E-state index in [-0.39, 0.29) is 36.3 Å². The van der Waals surface area contributed by atoms with E-state index in [0.29, 0.717) is 45.8 Å². The maximum atomic E-state index is 13.4. The summed E-state index contributed by atoms with van der Waals surface area (Å²) in [7, 11) is 0. The van der Waals surface area contributed by atoms with Gasteiger partial charge in [-0.2, -0.15) is 0 Å². The van der Waals surface area contributed by atoms with Crippen LogP contribution in [-0.2, 0) is 9.59 Å². The molecule has 3 aromatic carbocycles. The molecule has 6 heterocycles. The van der Waals surface area contributed by atoms with Crippen LogP contribution < -0.4 is 26.0 Å². The molecular formula is C43H46N10O5. The molecule has 4 fully saturated rings. The Bertz CT molecular complexity index is 2260. The standard InChI is InChI=1S/C43H46N10O5/c44-38(27-6-9-32(10-7-27)58-31-4-2-1-3-5-31)37-39(45)46-25-47-40(37)48-28-15-18-51(19-16-28)30-23-50(24-30)21-26-14-17-52(22-26)29-8-11-33-34(20-29)43(57)53(42(33)56)35-12-13-36(54)49-41(35)55/h1-11,20,25-26,28,30,35,44H,12-19,21-24H2,(H,49,54,55)(H3,45,46,47,48). The van der Waals surface area contributed by atoms with Gasteiger partial charge in [-0.1, -0.05) is 18.2 Å². The predicted octanol–water partition coefficient (Wildman–Crippen LogP) is 3.76. The van der Waals surface area contributed by atoms with Crippen molar-refractivity contribution in [2.75, 3.05) is 61.8 Å². The number of hydrogen-bond donors (Lipinski definition) is 4. The van der Waals surface area contributed by atoms with Crippen molar-refractivity contribution < 1.29 is 23.9 Å². The van der Waals surface area contributed by atoms with Crippen LogP contribution >= 0.6 is 0 Å². The highest BCUT2D eigenvalue weighted by molar-refractivity contribution is 6.23. The van der Waals surface area contributed by atoms with Gasteiger partial charge >= 0.3 is 0 Å². The van der Waals surface area contributed by atoms with Crippen LogP contribution in [0.1, 0.15) is 63.9 Å². The second kappa shape index (κ2) is 15.6. The number of rotatable bonds is 11. The van der Waals surface area contributed by atoms with E-state index in [1.165, 1.54) is 6.33 Å². The number of nitrogens with zero attached hydrogens (tertiary/aromatic N) is 6. The number of carbonyl (C=O) groups excluding carboxylic acids is 4. The molecule has 2 atom stereocenters. The van der Waals surface area contributed by atoms with Crippen molar-refractivity contribution >= 4 is 46.7 Å². The van der Waals surface area contributed by atoms with Crippen molar-refractivity contribution in [2.24, 2.45) is 5.92 Å². The average Bonchev–Trinajstić information content (AvgIpc) is 3.78. The highest BCUT2D eigenvalue weighted by Crippen LogP contribution is 2.34. The van der Waals surface area contributed by atoms with Crippen molar-refractivity contribution in [2.45, 2.75) is 50.2 Å². The number of nitrogens with one attached hydrogen (secondary N) is 3. The zero-order valence-electron chi connectivity index (χ0n) is 32.1. The molecule has 2 unspecified atom stereocenters. The van der Waals surface area contributed by atoms with Crippen molar-refractivity contribution in [3.63, 3.8) is 0 Å². The van der Waals surface area contributed by atoms with Crippen LogP contribution in [0.2, 0.25) is 0 Å². The van der Waals surface area contributed by atoms with Gasteiger partial charge < -0.3 is 20.7 Å². The van der Waals surface area contributed by atoms with Crippen LogP contribution in [-0.4, -0.2) is 118 Å². The van der Waals surface area contributed by atoms with Crippen LogP contribution in [0, 0.1) is 11.3 Å². The lowest BCUT2D eigenvalue weighted by molar-refractivity contribution is -0.136. The van der Waals surface area contributed by atoms with Gasteiger partial charge in [0, 0.05) is 75.6 Å². The van der Waals surface area contributed by atoms with Crippen molar-refractivity contribution in [1.82, 2.24) is 30.0 Å². The Morgan fingerprint density at radius 1 is 0.845 bits per heavy atom. The highest BCUT2D eigenvalue weighted by atomic mass is 16.5. The van der Waals surface area contributed by atoms with Gasteiger partial charge in [0.25, 0.3) is 11.8 Å². The third-order valence-corrected chi connectivity index (χ3v) is 12.2. The number of aromatic nitrogens is 2. The number of benzene rings is 3. The molecule has 4 aromatic rings. The molecule has 298 valence electrons. The zero-order valence-corrected chi connectivity index (χ0v) is 32.1. The summed E-state index contributed by atoms with van der Waals surface area (Å²) in [5, 5.41) is 14.9. The smallest absolute Gasteiger partial charge is 0.262 e. The number of imide groups is 2. The summed E-state index contributed by atoms with van der Waals surface area (Å²) in [5.41, 5.74) is 9.31. The van der Waals surface area contributed by atoms with E-state index in [9.17, 15) is 19.2 Å². The summed E-state index contributed by atoms with van der Waals surface area (Å²) < 4.78 is 5.92. The molecule has 0 aliphatic carbocycles. The number of likely N-dealkylation sites (tertiary alicyclic amines) is 2. The number of carbonyl (C=O) groups is 4. The van der Waals surface area contributed by atoms with E-state index in [1.54, 1.807) is 12.1 Å². The quantitative estimate of drug-likeness (QED) is 0.128. The van der Waals surface area contributed by atoms with Crippen LogP contribution in [0.5, 0.6) is 11.5 Å². The number of piperidine rings is 2. The lowest BCUT2D eigenvalue weighted by Crippen LogP contribution is -2.62. The molecular weight excluding hydrogens is 737 g/mol. The van der Waals surface area contributed by atoms with Gasteiger partial charge in [-0.3, -0.25) is 44.6 Å². The number of amides is 4. The van der Waals surface area contributed by atoms with Crippen LogP contribution in [0.25, 0.3) is 0 Å². The Hall–Kier alpha value is -6.19. The lowest BCUT2D eigenvalue weighted by atomic mass is 9.97. The minimum Gasteiger partial charge on any atom is -0.457 e. The van der Waals surface area contributed by atoms with Gasteiger partial charge in [0.15, 0.2) is 0 Å². The number of anilines is 3. The molecule has 4 saturated heterocycles. The minimum absolute atomic E-state index is 0.0956. The third kappa shape index (κ3) is 7.38. The lowest BCUT2D eigenvalue weighted by Gasteiger charge is -2.48. The molecule has 9 rings (SSSR count). The molecule has 58 heavy (non-hydrogen) atoms. The molecule has 5 aliphatic rings. The monoisotopic (exact) mass is 782 g/mol. The molecule has 0 radical (unpaired) electrons. The topological polar surface area (TPSA) is 190 Å². The molecule has 15 heteroatoms. The van der Waals surface area contributed by atoms with Crippen molar-refractivity contribution in [1.29, 1.82) is 5.41 Å². The molecule has 0 bridgehead atoms. The Morgan fingerprint density at radius 3 is 2.34 bits per heavy atom. The third-order valence-electron chi connectivity index (χ3n) is 12.2. The van der Waals surface area contributed by atoms with Gasteiger partial charge in [-0.05, 0) is 86.2 Å². The van der Waals surface area contributed by atoms with E-state index in [1.807, 2.05) is 60.7 Å². The SMILES string of the molecule is N=C(c1ccc(Oc2ccccc2)cc1)c1c(N)ncnc1NC1CCN(C2CN(CC3CCN(c4ccc5c(c4)C(=O)N(C4CCC(=O)NC4=O)C5=O)C3)C2)CC1. The second-order valence-electron chi connectivity index (χ2n) is 15.9. The Labute approximate surface area is 336 Å². The fraction of sp³-hybridized carbons (Fsp3) is 0.372. The molecule has 4 amide bonds. The summed E-state index contributed by atoms with van der Waals surface area (Å²) in [6.07, 6.45) is 4.64. The molecule has 15 nitrogen and oxygen atoms in total. The first-order chi connectivity index (χ1) is 28.2. The number of ether oxygens (including phenoxy) is 1. The summed E-state index contributed by atoms with van der Waals surface area (Å²) >= 11 is 0. The average molecular weight is 783 g/mol. The number of nitrogen functional groups attached to an aromatic ring is 1. The molecule has 5 aliphatic heterocycles. The molecule has 5 N–H and O–H groups in total. The molecule has 0 saturated carbocycles. The number of fused-ring (bicyclic) bond motifs is 1. The summed E-state index contributed by atoms with van der Waals surface area (Å²) in [5.74, 6) is 0.815. The first-order valence-electron chi connectivity index (χ1n) is 20.0. The van der Waals surface area contributed by atoms with E-state index in [4.69, 9.17) is 15.9 Å². The van der Waals surface area contributed by atoms with Gasteiger partial charge in [-0.25, -0.2) is 9.97 Å². The van der Waals surface area contributed by atoms with Crippen molar-refractivity contribution in [3.8, 4) is 11.5 Å². The van der Waals surface area contributed by atoms with E-state index in [0.717, 1.165) is 81.4 Å². The van der Waals surface area contributed by atoms with E-state index >= 15 is 0 Å². The Morgan fingerprint density at radius 2 is 1.59 bits per heavy atom. The zero-order chi connectivity index (χ0) is 39.9. The maximum Gasteiger partial charge on any atom is 0.262 e. The maximum absolute atomic E-state index is 13.4. The Balaban J connectivity index is 0.736. The molecule has 1 aromatic heterocycles. The number of para-hydroxylation sites is 1. The van der Waals surface area contributed by atoms with Crippen LogP contribution in [0.15, 0.2) is 79.1 Å². The summed E-state index contributed by atoms with van der Waals surface area (Å²) in [6, 6.07) is 22.1. The van der Waals surface area contributed by atoms with Crippen molar-refractivity contribution in [3.05, 3.63) is 101 Å². The van der Waals surface area contributed by atoms with Crippen LogP contribution in [0.3, 0.4) is 0 Å². The fourth-order valence-electron chi connectivity index (χ4n) is 8.98. The van der Waals surface area contributed by atoms with Gasteiger partial charge in [0.1, 0.15) is 35.5 Å². The van der Waals surface area contributed by atoms with Gasteiger partial charge in [0.05, 0.1) is 22.4 Å². The first-order valence-corrected chi connectivity index (χ1v) is 20.0. The number of nitrogens with two attached hydrogens (primary N) is 1. The van der Waals surface area contributed by atoms with Gasteiger partial charge in [-0.15, -0.1) is 0 Å². The normalized spacial score (nSPS) is 21.9. The van der Waals surface area contributed by atoms with E-state index < -0.39 is 23.8 Å². The largest absolute Gasteiger partial charge is 0.457 e. The second-order valence-corrected chi connectivity index (χ2v) is 15.9. The molecule has 0 spiro atoms. The van der Waals surface area contributed by atoms with Gasteiger partial charge in [0.2, 0.25) is 11.8 Å². The highest BCUT2D eigenvalue weighted by Gasteiger charge is 2.45. The summed E-state index contributed by atoms with van der Waals surface area (Å²) in [6.45, 7) is 6.79. The predicted molar refractivity (Wildman–Crippen MR) is 217 cm³/mol. The minimum atomic E-state index is -0.968. The van der Waals surface area contributed by atoms with Crippen LogP contribution in [0.4, 0.5) is 17.3 Å². The first kappa shape index (κ1) is 37.4. The number of hydrogen-bond acceptors (Lipinski definition) is 13. The fourth-order valence-corrected chi connectivity index (χ4v) is 8.98. The van der Waals surface area contributed by atoms with E-state index in [2.05, 4.69) is 35.3 Å². The summed E-state index contributed by atoms with van der Waals surface area (Å²) in [4.78, 5) is 67.7. The Kier molecular flexibility index (Phi) is 10.1.